The molecule has 1 saturated heterocycles. The van der Waals surface area contributed by atoms with E-state index in [-0.39, 0.29) is 29.9 Å². The average molecular weight is 267 g/mol. The van der Waals surface area contributed by atoms with Gasteiger partial charge in [-0.15, -0.1) is 0 Å². The number of nitrogens with one attached hydrogen (secondary N) is 1. The Morgan fingerprint density at radius 2 is 2.26 bits per heavy atom. The number of carboxylic acid groups (broad SMARTS) is 1. The molecule has 0 bridgehead atoms. The zero-order valence-electron chi connectivity index (χ0n) is 10.5. The van der Waals surface area contributed by atoms with Crippen molar-refractivity contribution in [2.45, 2.75) is 31.7 Å². The van der Waals surface area contributed by atoms with Crippen molar-refractivity contribution in [1.82, 2.24) is 14.9 Å². The zero-order valence-corrected chi connectivity index (χ0v) is 10.5. The maximum Gasteiger partial charge on any atom is 0.354 e. The molecule has 1 aromatic heterocycles. The first-order chi connectivity index (χ1) is 9.15. The number of aliphatic hydroxyl groups excluding tert-OH is 1. The third-order valence-corrected chi connectivity index (χ3v) is 3.41. The third kappa shape index (κ3) is 2.76. The summed E-state index contributed by atoms with van der Waals surface area (Å²) in [6, 6.07) is -0.0374. The van der Waals surface area contributed by atoms with Crippen LogP contribution in [0, 0.1) is 0 Å². The van der Waals surface area contributed by atoms with E-state index in [1.807, 2.05) is 0 Å². The summed E-state index contributed by atoms with van der Waals surface area (Å²) in [5.74, 6) is -1.58. The molecule has 0 spiro atoms. The Balaban J connectivity index is 2.21. The lowest BCUT2D eigenvalue weighted by Crippen LogP contribution is -2.44. The lowest BCUT2D eigenvalue weighted by atomic mass is 9.99. The summed E-state index contributed by atoms with van der Waals surface area (Å²) < 4.78 is 0. The Morgan fingerprint density at radius 1 is 1.47 bits per heavy atom. The number of imidazole rings is 1. The molecule has 1 aliphatic rings. The summed E-state index contributed by atoms with van der Waals surface area (Å²) in [5, 5.41) is 18.0. The fraction of sp³-hybridized carbons (Fsp3) is 0.583. The molecule has 0 radical (unpaired) electrons. The molecule has 1 atom stereocenters. The Labute approximate surface area is 110 Å². The molecule has 19 heavy (non-hydrogen) atoms. The van der Waals surface area contributed by atoms with Crippen LogP contribution >= 0.6 is 0 Å². The van der Waals surface area contributed by atoms with Gasteiger partial charge >= 0.3 is 5.97 Å². The summed E-state index contributed by atoms with van der Waals surface area (Å²) in [6.45, 7) is 0.593. The summed E-state index contributed by atoms with van der Waals surface area (Å²) in [7, 11) is 0. The number of aliphatic hydroxyl groups is 1. The minimum atomic E-state index is -1.20. The van der Waals surface area contributed by atoms with Crippen molar-refractivity contribution in [3.05, 3.63) is 17.7 Å². The Hall–Kier alpha value is -1.89. The van der Waals surface area contributed by atoms with Crippen LogP contribution in [0.4, 0.5) is 0 Å². The first-order valence-corrected chi connectivity index (χ1v) is 6.33. The second-order valence-corrected chi connectivity index (χ2v) is 4.59. The monoisotopic (exact) mass is 267 g/mol. The van der Waals surface area contributed by atoms with Crippen molar-refractivity contribution in [1.29, 1.82) is 0 Å². The maximum absolute atomic E-state index is 12.4. The molecular formula is C12H17N3O4. The molecule has 0 saturated carbocycles. The molecule has 104 valence electrons. The smallest absolute Gasteiger partial charge is 0.354 e. The summed E-state index contributed by atoms with van der Waals surface area (Å²) in [6.07, 6.45) is 4.46. The molecule has 1 aromatic rings. The van der Waals surface area contributed by atoms with Crippen LogP contribution in [0.25, 0.3) is 0 Å². The van der Waals surface area contributed by atoms with Gasteiger partial charge in [-0.2, -0.15) is 0 Å². The number of carboxylic acids is 1. The van der Waals surface area contributed by atoms with Crippen LogP contribution in [-0.2, 0) is 0 Å². The van der Waals surface area contributed by atoms with E-state index < -0.39 is 5.97 Å². The highest BCUT2D eigenvalue weighted by atomic mass is 16.4. The zero-order chi connectivity index (χ0) is 13.8. The Morgan fingerprint density at radius 3 is 2.95 bits per heavy atom. The van der Waals surface area contributed by atoms with Gasteiger partial charge in [0.15, 0.2) is 11.4 Å². The second-order valence-electron chi connectivity index (χ2n) is 4.59. The molecule has 0 aromatic carbocycles. The van der Waals surface area contributed by atoms with Crippen molar-refractivity contribution in [3.63, 3.8) is 0 Å². The minimum absolute atomic E-state index is 0.0147. The van der Waals surface area contributed by atoms with Gasteiger partial charge in [0.05, 0.1) is 6.33 Å². The van der Waals surface area contributed by atoms with Crippen LogP contribution in [0.15, 0.2) is 6.33 Å². The quantitative estimate of drug-likeness (QED) is 0.735. The predicted octanol–water partition coefficient (Wildman–Crippen LogP) is 0.485. The van der Waals surface area contributed by atoms with Crippen LogP contribution < -0.4 is 0 Å². The SMILES string of the molecule is O=C(O)c1[nH]cnc1C(=O)N1CCCCC1CCO. The first kappa shape index (κ1) is 13.5. The molecule has 3 N–H and O–H groups in total. The van der Waals surface area contributed by atoms with E-state index in [0.717, 1.165) is 19.3 Å². The number of hydrogen-bond acceptors (Lipinski definition) is 4. The topological polar surface area (TPSA) is 107 Å². The molecule has 7 heteroatoms. The third-order valence-electron chi connectivity index (χ3n) is 3.41. The van der Waals surface area contributed by atoms with E-state index in [0.29, 0.717) is 13.0 Å². The summed E-state index contributed by atoms with van der Waals surface area (Å²) >= 11 is 0. The van der Waals surface area contributed by atoms with Crippen molar-refractivity contribution in [2.24, 2.45) is 0 Å². The number of carbonyl (C=O) groups is 2. The number of hydrogen-bond donors (Lipinski definition) is 3. The number of piperidine rings is 1. The molecule has 1 unspecified atom stereocenters. The van der Waals surface area contributed by atoms with Crippen molar-refractivity contribution >= 4 is 11.9 Å². The molecule has 2 rings (SSSR count). The van der Waals surface area contributed by atoms with Crippen LogP contribution in [0.5, 0.6) is 0 Å². The number of rotatable bonds is 4. The summed E-state index contributed by atoms with van der Waals surface area (Å²) in [5.41, 5.74) is -0.240. The molecule has 1 amide bonds. The van der Waals surface area contributed by atoms with Crippen molar-refractivity contribution < 1.29 is 19.8 Å². The molecule has 2 heterocycles. The van der Waals surface area contributed by atoms with Gasteiger partial charge in [-0.3, -0.25) is 4.79 Å². The van der Waals surface area contributed by atoms with Crippen LogP contribution in [0.1, 0.15) is 46.7 Å². The number of likely N-dealkylation sites (tertiary alicyclic amines) is 1. The molecule has 0 aliphatic carbocycles. The largest absolute Gasteiger partial charge is 0.477 e. The van der Waals surface area contributed by atoms with Crippen LogP contribution in [0.3, 0.4) is 0 Å². The number of amides is 1. The second kappa shape index (κ2) is 5.83. The molecule has 1 fully saturated rings. The molecule has 1 aliphatic heterocycles. The van der Waals surface area contributed by atoms with Gasteiger partial charge in [0.25, 0.3) is 5.91 Å². The number of aromatic nitrogens is 2. The Kier molecular flexibility index (Phi) is 4.16. The fourth-order valence-corrected chi connectivity index (χ4v) is 2.47. The minimum Gasteiger partial charge on any atom is -0.477 e. The van der Waals surface area contributed by atoms with Gasteiger partial charge < -0.3 is 20.1 Å². The van der Waals surface area contributed by atoms with Gasteiger partial charge in [-0.1, -0.05) is 0 Å². The van der Waals surface area contributed by atoms with E-state index in [4.69, 9.17) is 10.2 Å². The van der Waals surface area contributed by atoms with Gasteiger partial charge in [-0.25, -0.2) is 9.78 Å². The van der Waals surface area contributed by atoms with Gasteiger partial charge in [-0.05, 0) is 25.7 Å². The standard InChI is InChI=1S/C12H17N3O4/c16-6-4-8-3-1-2-5-15(8)11(17)9-10(12(18)19)14-7-13-9/h7-8,16H,1-6H2,(H,13,14)(H,18,19). The highest BCUT2D eigenvalue weighted by Crippen LogP contribution is 2.22. The Bertz CT molecular complexity index is 469. The van der Waals surface area contributed by atoms with Crippen molar-refractivity contribution in [3.8, 4) is 0 Å². The number of aromatic carboxylic acids is 1. The van der Waals surface area contributed by atoms with Gasteiger partial charge in [0.2, 0.25) is 0 Å². The summed E-state index contributed by atoms with van der Waals surface area (Å²) in [4.78, 5) is 31.3. The number of nitrogens with zero attached hydrogens (tertiary/aromatic N) is 2. The lowest BCUT2D eigenvalue weighted by Gasteiger charge is -2.35. The number of aromatic amines is 1. The van der Waals surface area contributed by atoms with E-state index in [2.05, 4.69) is 9.97 Å². The van der Waals surface area contributed by atoms with Crippen molar-refractivity contribution in [2.75, 3.05) is 13.2 Å². The molecular weight excluding hydrogens is 250 g/mol. The van der Waals surface area contributed by atoms with Crippen LogP contribution in [0.2, 0.25) is 0 Å². The van der Waals surface area contributed by atoms with E-state index in [1.165, 1.54) is 6.33 Å². The predicted molar refractivity (Wildman–Crippen MR) is 65.9 cm³/mol. The molecule has 7 nitrogen and oxygen atoms in total. The highest BCUT2D eigenvalue weighted by molar-refractivity contribution is 6.02. The van der Waals surface area contributed by atoms with Crippen LogP contribution in [-0.4, -0.2) is 56.2 Å². The maximum atomic E-state index is 12.4. The normalized spacial score (nSPS) is 19.4. The van der Waals surface area contributed by atoms with Gasteiger partial charge in [0, 0.05) is 19.2 Å². The number of H-pyrrole nitrogens is 1. The number of carbonyl (C=O) groups excluding carboxylic acids is 1. The fourth-order valence-electron chi connectivity index (χ4n) is 2.47. The van der Waals surface area contributed by atoms with E-state index in [9.17, 15) is 9.59 Å². The average Bonchev–Trinajstić information content (AvgIpc) is 2.88. The van der Waals surface area contributed by atoms with E-state index in [1.54, 1.807) is 4.90 Å². The lowest BCUT2D eigenvalue weighted by molar-refractivity contribution is 0.0555. The first-order valence-electron chi connectivity index (χ1n) is 6.33. The van der Waals surface area contributed by atoms with Gasteiger partial charge in [0.1, 0.15) is 0 Å². The highest BCUT2D eigenvalue weighted by Gasteiger charge is 2.30. The van der Waals surface area contributed by atoms with E-state index >= 15 is 0 Å².